The molecule has 1 rings (SSSR count). The Labute approximate surface area is 93.7 Å². The zero-order valence-corrected chi connectivity index (χ0v) is 9.61. The molecule has 0 aliphatic heterocycles. The molecule has 0 heterocycles. The minimum Gasteiger partial charge on any atom is -0.370 e. The zero-order chi connectivity index (χ0) is 11.4. The Bertz CT molecular complexity index is 318. The van der Waals surface area contributed by atoms with Crippen molar-refractivity contribution in [3.8, 4) is 0 Å². The van der Waals surface area contributed by atoms with Gasteiger partial charge in [-0.2, -0.15) is 0 Å². The van der Waals surface area contributed by atoms with Crippen LogP contribution in [0, 0.1) is 11.6 Å². The Morgan fingerprint density at radius 2 is 1.80 bits per heavy atom. The van der Waals surface area contributed by atoms with E-state index in [1.54, 1.807) is 11.9 Å². The van der Waals surface area contributed by atoms with Crippen LogP contribution >= 0.6 is 11.6 Å². The van der Waals surface area contributed by atoms with Gasteiger partial charge >= 0.3 is 0 Å². The van der Waals surface area contributed by atoms with Crippen molar-refractivity contribution >= 4 is 17.3 Å². The van der Waals surface area contributed by atoms with Crippen LogP contribution in [-0.4, -0.2) is 13.6 Å². The Balaban J connectivity index is 3.07. The first kappa shape index (κ1) is 12.2. The van der Waals surface area contributed by atoms with Crippen molar-refractivity contribution in [2.45, 2.75) is 19.2 Å². The SMILES string of the molecule is CCCN(C)c1c(F)cc(CCl)cc1F. The molecular weight excluding hydrogens is 220 g/mol. The van der Waals surface area contributed by atoms with E-state index in [-0.39, 0.29) is 11.6 Å². The molecule has 1 nitrogen and oxygen atoms in total. The molecule has 84 valence electrons. The van der Waals surface area contributed by atoms with E-state index in [1.807, 2.05) is 6.92 Å². The number of hydrogen-bond donors (Lipinski definition) is 0. The van der Waals surface area contributed by atoms with Crippen LogP contribution in [-0.2, 0) is 5.88 Å². The molecule has 0 spiro atoms. The predicted molar refractivity (Wildman–Crippen MR) is 59.5 cm³/mol. The summed E-state index contributed by atoms with van der Waals surface area (Å²) in [5.41, 5.74) is 0.478. The van der Waals surface area contributed by atoms with E-state index in [2.05, 4.69) is 0 Å². The maximum atomic E-state index is 13.5. The van der Waals surface area contributed by atoms with Gasteiger partial charge in [0.25, 0.3) is 0 Å². The van der Waals surface area contributed by atoms with Crippen LogP contribution in [0.1, 0.15) is 18.9 Å². The quantitative estimate of drug-likeness (QED) is 0.719. The van der Waals surface area contributed by atoms with Crippen molar-refractivity contribution in [1.29, 1.82) is 0 Å². The summed E-state index contributed by atoms with van der Waals surface area (Å²) in [6.45, 7) is 2.58. The third kappa shape index (κ3) is 2.81. The second-order valence-corrected chi connectivity index (χ2v) is 3.73. The Hall–Kier alpha value is -0.830. The van der Waals surface area contributed by atoms with Gasteiger partial charge in [0.05, 0.1) is 0 Å². The average molecular weight is 234 g/mol. The lowest BCUT2D eigenvalue weighted by atomic mass is 10.2. The Morgan fingerprint density at radius 3 is 2.20 bits per heavy atom. The van der Waals surface area contributed by atoms with Gasteiger partial charge in [0.1, 0.15) is 17.3 Å². The van der Waals surface area contributed by atoms with Gasteiger partial charge in [-0.25, -0.2) is 8.78 Å². The van der Waals surface area contributed by atoms with Crippen molar-refractivity contribution in [2.75, 3.05) is 18.5 Å². The van der Waals surface area contributed by atoms with E-state index in [0.29, 0.717) is 12.1 Å². The second kappa shape index (κ2) is 5.31. The smallest absolute Gasteiger partial charge is 0.149 e. The van der Waals surface area contributed by atoms with Gasteiger partial charge in [0.2, 0.25) is 0 Å². The highest BCUT2D eigenvalue weighted by molar-refractivity contribution is 6.17. The lowest BCUT2D eigenvalue weighted by molar-refractivity contribution is 0.574. The Morgan fingerprint density at radius 1 is 1.27 bits per heavy atom. The number of nitrogens with zero attached hydrogens (tertiary/aromatic N) is 1. The molecule has 0 aliphatic carbocycles. The molecule has 0 unspecified atom stereocenters. The summed E-state index contributed by atoms with van der Waals surface area (Å²) >= 11 is 5.52. The molecule has 0 saturated heterocycles. The fourth-order valence-electron chi connectivity index (χ4n) is 1.51. The van der Waals surface area contributed by atoms with Crippen molar-refractivity contribution in [3.05, 3.63) is 29.3 Å². The van der Waals surface area contributed by atoms with E-state index < -0.39 is 11.6 Å². The molecular formula is C11H14ClF2N. The Kier molecular flexibility index (Phi) is 4.33. The van der Waals surface area contributed by atoms with E-state index in [0.717, 1.165) is 6.42 Å². The minimum absolute atomic E-state index is 0.0192. The topological polar surface area (TPSA) is 3.24 Å². The van der Waals surface area contributed by atoms with E-state index in [4.69, 9.17) is 11.6 Å². The number of anilines is 1. The molecule has 0 aromatic heterocycles. The van der Waals surface area contributed by atoms with Crippen molar-refractivity contribution in [3.63, 3.8) is 0 Å². The molecule has 4 heteroatoms. The van der Waals surface area contributed by atoms with Crippen LogP contribution < -0.4 is 4.90 Å². The van der Waals surface area contributed by atoms with Gasteiger partial charge in [-0.1, -0.05) is 6.92 Å². The first-order valence-corrected chi connectivity index (χ1v) is 5.38. The first-order chi connectivity index (χ1) is 7.10. The van der Waals surface area contributed by atoms with Gasteiger partial charge in [-0.05, 0) is 24.1 Å². The van der Waals surface area contributed by atoms with Crippen molar-refractivity contribution in [2.24, 2.45) is 0 Å². The molecule has 1 aromatic carbocycles. The highest BCUT2D eigenvalue weighted by Crippen LogP contribution is 2.24. The summed E-state index contributed by atoms with van der Waals surface area (Å²) < 4.78 is 27.1. The molecule has 0 saturated carbocycles. The van der Waals surface area contributed by atoms with E-state index >= 15 is 0 Å². The van der Waals surface area contributed by atoms with Crippen molar-refractivity contribution < 1.29 is 8.78 Å². The standard InChI is InChI=1S/C11H14ClF2N/c1-3-4-15(2)11-9(13)5-8(7-12)6-10(11)14/h5-6H,3-4,7H2,1-2H3. The van der Waals surface area contributed by atoms with Gasteiger partial charge in [-0.3, -0.25) is 0 Å². The van der Waals surface area contributed by atoms with Gasteiger partial charge in [-0.15, -0.1) is 11.6 Å². The molecule has 0 aliphatic rings. The summed E-state index contributed by atoms with van der Waals surface area (Å²) in [6, 6.07) is 2.55. The normalized spacial score (nSPS) is 10.5. The van der Waals surface area contributed by atoms with Crippen molar-refractivity contribution in [1.82, 2.24) is 0 Å². The lowest BCUT2D eigenvalue weighted by Crippen LogP contribution is -2.20. The summed E-state index contributed by atoms with van der Waals surface area (Å²) in [4.78, 5) is 1.57. The lowest BCUT2D eigenvalue weighted by Gasteiger charge is -2.20. The summed E-state index contributed by atoms with van der Waals surface area (Å²) in [5, 5.41) is 0. The van der Waals surface area contributed by atoms with Gasteiger partial charge < -0.3 is 4.90 Å². The summed E-state index contributed by atoms with van der Waals surface area (Å²) in [6.07, 6.45) is 0.840. The number of alkyl halides is 1. The molecule has 0 bridgehead atoms. The number of halogens is 3. The third-order valence-electron chi connectivity index (χ3n) is 2.17. The van der Waals surface area contributed by atoms with Crippen LogP contribution in [0.4, 0.5) is 14.5 Å². The summed E-state index contributed by atoms with van der Waals surface area (Å²) in [5.74, 6) is -0.991. The minimum atomic E-state index is -0.554. The highest BCUT2D eigenvalue weighted by atomic mass is 35.5. The van der Waals surface area contributed by atoms with E-state index in [9.17, 15) is 8.78 Å². The molecule has 15 heavy (non-hydrogen) atoms. The van der Waals surface area contributed by atoms with Crippen LogP contribution in [0.25, 0.3) is 0 Å². The molecule has 0 fully saturated rings. The van der Waals surface area contributed by atoms with Crippen LogP contribution in [0.3, 0.4) is 0 Å². The maximum Gasteiger partial charge on any atom is 0.149 e. The fourth-order valence-corrected chi connectivity index (χ4v) is 1.66. The molecule has 0 amide bonds. The van der Waals surface area contributed by atoms with Gasteiger partial charge in [0.15, 0.2) is 0 Å². The second-order valence-electron chi connectivity index (χ2n) is 3.46. The van der Waals surface area contributed by atoms with Crippen LogP contribution in [0.5, 0.6) is 0 Å². The predicted octanol–water partition coefficient (Wildman–Crippen LogP) is 3.55. The number of rotatable bonds is 4. The van der Waals surface area contributed by atoms with Crippen LogP contribution in [0.2, 0.25) is 0 Å². The molecule has 0 radical (unpaired) electrons. The van der Waals surface area contributed by atoms with E-state index in [1.165, 1.54) is 12.1 Å². The molecule has 1 aromatic rings. The average Bonchev–Trinajstić information content (AvgIpc) is 2.16. The maximum absolute atomic E-state index is 13.5. The highest BCUT2D eigenvalue weighted by Gasteiger charge is 2.14. The molecule has 0 atom stereocenters. The van der Waals surface area contributed by atoms with Crippen LogP contribution in [0.15, 0.2) is 12.1 Å². The number of hydrogen-bond acceptors (Lipinski definition) is 1. The largest absolute Gasteiger partial charge is 0.370 e. The monoisotopic (exact) mass is 233 g/mol. The third-order valence-corrected chi connectivity index (χ3v) is 2.48. The first-order valence-electron chi connectivity index (χ1n) is 4.85. The fraction of sp³-hybridized carbons (Fsp3) is 0.455. The van der Waals surface area contributed by atoms with Gasteiger partial charge in [0, 0.05) is 19.5 Å². The zero-order valence-electron chi connectivity index (χ0n) is 8.86. The number of benzene rings is 1. The summed E-state index contributed by atoms with van der Waals surface area (Å²) in [7, 11) is 1.67. The molecule has 0 N–H and O–H groups in total.